The Hall–Kier alpha value is -1.17. The Morgan fingerprint density at radius 1 is 1.50 bits per heavy atom. The number of aromatic nitrogens is 1. The molecule has 0 bridgehead atoms. The van der Waals surface area contributed by atoms with Crippen LogP contribution in [0.1, 0.15) is 25.1 Å². The first-order chi connectivity index (χ1) is 7.72. The monoisotopic (exact) mass is 225 g/mol. The summed E-state index contributed by atoms with van der Waals surface area (Å²) in [5, 5.41) is 0. The van der Waals surface area contributed by atoms with Crippen molar-refractivity contribution in [3.05, 3.63) is 24.0 Å². The van der Waals surface area contributed by atoms with E-state index in [2.05, 4.69) is 10.4 Å². The van der Waals surface area contributed by atoms with Crippen molar-refractivity contribution in [2.45, 2.75) is 25.5 Å². The van der Waals surface area contributed by atoms with Crippen molar-refractivity contribution in [2.24, 2.45) is 5.84 Å². The lowest BCUT2D eigenvalue weighted by molar-refractivity contribution is 0.0995. The molecule has 0 amide bonds. The molecule has 0 aliphatic carbocycles. The zero-order chi connectivity index (χ0) is 12.0. The van der Waals surface area contributed by atoms with E-state index in [0.717, 1.165) is 17.9 Å². The third-order valence-electron chi connectivity index (χ3n) is 2.52. The second kappa shape index (κ2) is 6.42. The SMILES string of the molecule is COc1cccnc1C(CC(C)OC)NN. The van der Waals surface area contributed by atoms with Crippen molar-refractivity contribution >= 4 is 0 Å². The molecule has 16 heavy (non-hydrogen) atoms. The van der Waals surface area contributed by atoms with Gasteiger partial charge in [-0.15, -0.1) is 0 Å². The fraction of sp³-hybridized carbons (Fsp3) is 0.545. The van der Waals surface area contributed by atoms with Gasteiger partial charge in [-0.2, -0.15) is 0 Å². The van der Waals surface area contributed by atoms with Crippen LogP contribution in [0.3, 0.4) is 0 Å². The Morgan fingerprint density at radius 2 is 2.25 bits per heavy atom. The number of nitrogens with two attached hydrogens (primary N) is 1. The van der Waals surface area contributed by atoms with Gasteiger partial charge in [-0.05, 0) is 25.5 Å². The van der Waals surface area contributed by atoms with Gasteiger partial charge in [-0.1, -0.05) is 0 Å². The average Bonchev–Trinajstić information content (AvgIpc) is 2.35. The van der Waals surface area contributed by atoms with Crippen LogP contribution in [-0.4, -0.2) is 25.3 Å². The van der Waals surface area contributed by atoms with Crippen LogP contribution in [0.5, 0.6) is 5.75 Å². The van der Waals surface area contributed by atoms with Gasteiger partial charge in [0.15, 0.2) is 0 Å². The second-order valence-electron chi connectivity index (χ2n) is 3.59. The maximum Gasteiger partial charge on any atom is 0.142 e. The average molecular weight is 225 g/mol. The fourth-order valence-corrected chi connectivity index (χ4v) is 1.52. The summed E-state index contributed by atoms with van der Waals surface area (Å²) in [4.78, 5) is 4.28. The molecule has 5 heteroatoms. The minimum absolute atomic E-state index is 0.0777. The van der Waals surface area contributed by atoms with Crippen molar-refractivity contribution in [3.63, 3.8) is 0 Å². The highest BCUT2D eigenvalue weighted by Crippen LogP contribution is 2.25. The summed E-state index contributed by atoms with van der Waals surface area (Å²) in [7, 11) is 3.29. The van der Waals surface area contributed by atoms with E-state index in [-0.39, 0.29) is 12.1 Å². The van der Waals surface area contributed by atoms with Crippen LogP contribution >= 0.6 is 0 Å². The third-order valence-corrected chi connectivity index (χ3v) is 2.52. The van der Waals surface area contributed by atoms with Gasteiger partial charge in [-0.25, -0.2) is 0 Å². The molecule has 2 unspecified atom stereocenters. The number of methoxy groups -OCH3 is 2. The molecule has 3 N–H and O–H groups in total. The highest BCUT2D eigenvalue weighted by atomic mass is 16.5. The first-order valence-electron chi connectivity index (χ1n) is 5.20. The number of rotatable bonds is 6. The molecule has 90 valence electrons. The predicted octanol–water partition coefficient (Wildman–Crippen LogP) is 1.02. The third kappa shape index (κ3) is 3.16. The lowest BCUT2D eigenvalue weighted by atomic mass is 10.1. The van der Waals surface area contributed by atoms with Crippen LogP contribution < -0.4 is 16.0 Å². The largest absolute Gasteiger partial charge is 0.495 e. The van der Waals surface area contributed by atoms with E-state index in [1.807, 2.05) is 19.1 Å². The summed E-state index contributed by atoms with van der Waals surface area (Å²) in [5.41, 5.74) is 3.54. The number of hydrogen-bond acceptors (Lipinski definition) is 5. The highest BCUT2D eigenvalue weighted by Gasteiger charge is 2.18. The topological polar surface area (TPSA) is 69.4 Å². The number of nitrogens with zero attached hydrogens (tertiary/aromatic N) is 1. The summed E-state index contributed by atoms with van der Waals surface area (Å²) >= 11 is 0. The summed E-state index contributed by atoms with van der Waals surface area (Å²) in [6.07, 6.45) is 2.56. The van der Waals surface area contributed by atoms with E-state index in [0.29, 0.717) is 0 Å². The molecule has 0 aromatic carbocycles. The van der Waals surface area contributed by atoms with Crippen molar-refractivity contribution in [1.82, 2.24) is 10.4 Å². The lowest BCUT2D eigenvalue weighted by Gasteiger charge is -2.20. The van der Waals surface area contributed by atoms with Gasteiger partial charge in [0.1, 0.15) is 11.4 Å². The lowest BCUT2D eigenvalue weighted by Crippen LogP contribution is -2.31. The van der Waals surface area contributed by atoms with Crippen molar-refractivity contribution in [1.29, 1.82) is 0 Å². The first kappa shape index (κ1) is 12.9. The Morgan fingerprint density at radius 3 is 2.81 bits per heavy atom. The number of ether oxygens (including phenoxy) is 2. The summed E-state index contributed by atoms with van der Waals surface area (Å²) in [6, 6.07) is 3.62. The molecule has 1 aromatic rings. The van der Waals surface area contributed by atoms with Gasteiger partial charge < -0.3 is 9.47 Å². The second-order valence-corrected chi connectivity index (χ2v) is 3.59. The molecule has 0 aliphatic rings. The normalized spacial score (nSPS) is 14.5. The van der Waals surface area contributed by atoms with E-state index < -0.39 is 0 Å². The molecule has 1 heterocycles. The molecule has 1 rings (SSSR count). The number of nitrogens with one attached hydrogen (secondary N) is 1. The maximum absolute atomic E-state index is 5.53. The zero-order valence-corrected chi connectivity index (χ0v) is 9.93. The Bertz CT molecular complexity index is 320. The van der Waals surface area contributed by atoms with E-state index in [9.17, 15) is 0 Å². The number of hydrogen-bond donors (Lipinski definition) is 2. The van der Waals surface area contributed by atoms with Gasteiger partial charge in [0.2, 0.25) is 0 Å². The minimum atomic E-state index is -0.0777. The van der Waals surface area contributed by atoms with Crippen LogP contribution in [0.2, 0.25) is 0 Å². The number of hydrazine groups is 1. The molecule has 0 radical (unpaired) electrons. The van der Waals surface area contributed by atoms with Crippen molar-refractivity contribution < 1.29 is 9.47 Å². The summed E-state index contributed by atoms with van der Waals surface area (Å²) in [6.45, 7) is 1.99. The molecule has 1 aromatic heterocycles. The predicted molar refractivity (Wildman–Crippen MR) is 61.9 cm³/mol. The fourth-order valence-electron chi connectivity index (χ4n) is 1.52. The molecule has 0 spiro atoms. The van der Waals surface area contributed by atoms with Crippen LogP contribution in [0.25, 0.3) is 0 Å². The first-order valence-corrected chi connectivity index (χ1v) is 5.20. The molecular weight excluding hydrogens is 206 g/mol. The Balaban J connectivity index is 2.85. The van der Waals surface area contributed by atoms with Gasteiger partial charge in [0, 0.05) is 13.3 Å². The van der Waals surface area contributed by atoms with E-state index >= 15 is 0 Å². The molecule has 2 atom stereocenters. The zero-order valence-electron chi connectivity index (χ0n) is 9.93. The summed E-state index contributed by atoms with van der Waals surface area (Å²) < 4.78 is 10.5. The molecule has 0 saturated heterocycles. The Kier molecular flexibility index (Phi) is 5.18. The van der Waals surface area contributed by atoms with Gasteiger partial charge in [0.05, 0.1) is 19.3 Å². The van der Waals surface area contributed by atoms with E-state index in [1.54, 1.807) is 20.4 Å². The highest BCUT2D eigenvalue weighted by molar-refractivity contribution is 5.29. The smallest absolute Gasteiger partial charge is 0.142 e. The van der Waals surface area contributed by atoms with Gasteiger partial charge in [0.25, 0.3) is 0 Å². The van der Waals surface area contributed by atoms with Crippen LogP contribution in [0.4, 0.5) is 0 Å². The van der Waals surface area contributed by atoms with Crippen LogP contribution in [-0.2, 0) is 4.74 Å². The minimum Gasteiger partial charge on any atom is -0.495 e. The molecular formula is C11H19N3O2. The van der Waals surface area contributed by atoms with Crippen molar-refractivity contribution in [2.75, 3.05) is 14.2 Å². The maximum atomic E-state index is 5.53. The standard InChI is InChI=1S/C11H19N3O2/c1-8(15-2)7-9(14-12)11-10(16-3)5-4-6-13-11/h4-6,8-9,14H,7,12H2,1-3H3. The van der Waals surface area contributed by atoms with E-state index in [1.165, 1.54) is 0 Å². The van der Waals surface area contributed by atoms with Gasteiger partial charge in [-0.3, -0.25) is 16.3 Å². The van der Waals surface area contributed by atoms with Crippen LogP contribution in [0, 0.1) is 0 Å². The van der Waals surface area contributed by atoms with E-state index in [4.69, 9.17) is 15.3 Å². The number of pyridine rings is 1. The van der Waals surface area contributed by atoms with Crippen molar-refractivity contribution in [3.8, 4) is 5.75 Å². The molecule has 0 aliphatic heterocycles. The Labute approximate surface area is 95.9 Å². The van der Waals surface area contributed by atoms with Gasteiger partial charge >= 0.3 is 0 Å². The van der Waals surface area contributed by atoms with Crippen LogP contribution in [0.15, 0.2) is 18.3 Å². The quantitative estimate of drug-likeness (QED) is 0.559. The summed E-state index contributed by atoms with van der Waals surface area (Å²) in [5.74, 6) is 6.26. The molecule has 0 saturated carbocycles. The molecule has 5 nitrogen and oxygen atoms in total. The molecule has 0 fully saturated rings.